The Balaban J connectivity index is 2.96. The highest BCUT2D eigenvalue weighted by molar-refractivity contribution is 7.80. The predicted octanol–water partition coefficient (Wildman–Crippen LogP) is 0.550. The van der Waals surface area contributed by atoms with Crippen LogP contribution in [-0.2, 0) is 0 Å². The third-order valence-electron chi connectivity index (χ3n) is 1.68. The minimum Gasteiger partial charge on any atom is -0.398 e. The molecule has 66 valence electrons. The van der Waals surface area contributed by atoms with Crippen molar-refractivity contribution in [2.24, 2.45) is 5.73 Å². The maximum Gasteiger partial charge on any atom is 0.0624 e. The number of aliphatic hydroxyl groups excluding tert-OH is 1. The van der Waals surface area contributed by atoms with E-state index >= 15 is 0 Å². The monoisotopic (exact) mass is 184 g/mol. The summed E-state index contributed by atoms with van der Waals surface area (Å²) in [4.78, 5) is 0.691. The van der Waals surface area contributed by atoms with Crippen LogP contribution in [0.5, 0.6) is 0 Å². The smallest absolute Gasteiger partial charge is 0.0624 e. The molecule has 0 aliphatic heterocycles. The van der Waals surface area contributed by atoms with E-state index in [2.05, 4.69) is 12.6 Å². The Hall–Kier alpha value is -0.710. The first-order chi connectivity index (χ1) is 5.65. The van der Waals surface area contributed by atoms with Gasteiger partial charge in [-0.25, -0.2) is 0 Å². The van der Waals surface area contributed by atoms with Crippen LogP contribution in [0, 0.1) is 0 Å². The molecule has 0 aromatic heterocycles. The van der Waals surface area contributed by atoms with Gasteiger partial charge < -0.3 is 16.6 Å². The SMILES string of the molecule is Nc1ccc(C(N)CO)cc1S. The van der Waals surface area contributed by atoms with Gasteiger partial charge in [0.25, 0.3) is 0 Å². The summed E-state index contributed by atoms with van der Waals surface area (Å²) in [5.74, 6) is 0. The third kappa shape index (κ3) is 1.91. The highest BCUT2D eigenvalue weighted by atomic mass is 32.1. The van der Waals surface area contributed by atoms with E-state index < -0.39 is 0 Å². The second-order valence-corrected chi connectivity index (χ2v) is 3.09. The zero-order valence-corrected chi connectivity index (χ0v) is 7.46. The molecule has 0 aliphatic rings. The van der Waals surface area contributed by atoms with Gasteiger partial charge in [-0.1, -0.05) is 6.07 Å². The van der Waals surface area contributed by atoms with Crippen LogP contribution in [0.3, 0.4) is 0 Å². The van der Waals surface area contributed by atoms with Gasteiger partial charge in [0.2, 0.25) is 0 Å². The fourth-order valence-corrected chi connectivity index (χ4v) is 1.12. The van der Waals surface area contributed by atoms with E-state index in [4.69, 9.17) is 16.6 Å². The van der Waals surface area contributed by atoms with Gasteiger partial charge in [0.1, 0.15) is 0 Å². The Kier molecular flexibility index (Phi) is 2.97. The number of benzene rings is 1. The molecule has 1 unspecified atom stereocenters. The Morgan fingerprint density at radius 1 is 1.50 bits per heavy atom. The van der Waals surface area contributed by atoms with E-state index in [9.17, 15) is 0 Å². The van der Waals surface area contributed by atoms with E-state index in [-0.39, 0.29) is 12.6 Å². The molecule has 0 saturated carbocycles. The van der Waals surface area contributed by atoms with E-state index in [1.54, 1.807) is 18.2 Å². The Morgan fingerprint density at radius 3 is 2.67 bits per heavy atom. The maximum atomic E-state index is 8.77. The predicted molar refractivity (Wildman–Crippen MR) is 52.1 cm³/mol. The lowest BCUT2D eigenvalue weighted by molar-refractivity contribution is 0.268. The van der Waals surface area contributed by atoms with Crippen LogP contribution < -0.4 is 11.5 Å². The number of thiol groups is 1. The number of hydrogen-bond donors (Lipinski definition) is 4. The van der Waals surface area contributed by atoms with Crippen molar-refractivity contribution >= 4 is 18.3 Å². The summed E-state index contributed by atoms with van der Waals surface area (Å²) in [5.41, 5.74) is 12.6. The lowest BCUT2D eigenvalue weighted by Crippen LogP contribution is -2.14. The molecule has 1 rings (SSSR count). The summed E-state index contributed by atoms with van der Waals surface area (Å²) in [7, 11) is 0. The fourth-order valence-electron chi connectivity index (χ4n) is 0.897. The molecule has 5 N–H and O–H groups in total. The summed E-state index contributed by atoms with van der Waals surface area (Å²) >= 11 is 4.14. The molecule has 0 radical (unpaired) electrons. The van der Waals surface area contributed by atoms with Crippen molar-refractivity contribution in [1.29, 1.82) is 0 Å². The number of aliphatic hydroxyl groups is 1. The molecular weight excluding hydrogens is 172 g/mol. The summed E-state index contributed by atoms with van der Waals surface area (Å²) in [6.07, 6.45) is 0. The van der Waals surface area contributed by atoms with Gasteiger partial charge in [-0.15, -0.1) is 12.6 Å². The summed E-state index contributed by atoms with van der Waals surface area (Å²) in [6, 6.07) is 4.93. The summed E-state index contributed by atoms with van der Waals surface area (Å²) in [5, 5.41) is 8.77. The lowest BCUT2D eigenvalue weighted by atomic mass is 10.1. The highest BCUT2D eigenvalue weighted by Gasteiger charge is 2.04. The first kappa shape index (κ1) is 9.38. The van der Waals surface area contributed by atoms with E-state index in [1.807, 2.05) is 0 Å². The van der Waals surface area contributed by atoms with E-state index in [1.165, 1.54) is 0 Å². The normalized spacial score (nSPS) is 12.9. The van der Waals surface area contributed by atoms with Gasteiger partial charge in [0, 0.05) is 10.6 Å². The number of rotatable bonds is 2. The summed E-state index contributed by atoms with van der Waals surface area (Å²) < 4.78 is 0. The second-order valence-electron chi connectivity index (χ2n) is 2.61. The van der Waals surface area contributed by atoms with Gasteiger partial charge in [-0.3, -0.25) is 0 Å². The molecule has 0 spiro atoms. The van der Waals surface area contributed by atoms with Crippen LogP contribution in [0.25, 0.3) is 0 Å². The third-order valence-corrected chi connectivity index (χ3v) is 2.07. The van der Waals surface area contributed by atoms with Crippen LogP contribution in [0.15, 0.2) is 23.1 Å². The quantitative estimate of drug-likeness (QED) is 0.400. The van der Waals surface area contributed by atoms with Gasteiger partial charge in [0.15, 0.2) is 0 Å². The molecule has 0 heterocycles. The highest BCUT2D eigenvalue weighted by Crippen LogP contribution is 2.20. The topological polar surface area (TPSA) is 72.3 Å². The van der Waals surface area contributed by atoms with Crippen molar-refractivity contribution in [1.82, 2.24) is 0 Å². The molecule has 0 fully saturated rings. The minimum absolute atomic E-state index is 0.0723. The van der Waals surface area contributed by atoms with Crippen LogP contribution >= 0.6 is 12.6 Å². The largest absolute Gasteiger partial charge is 0.398 e. The molecule has 1 aromatic carbocycles. The minimum atomic E-state index is -0.350. The van der Waals surface area contributed by atoms with Crippen LogP contribution in [0.1, 0.15) is 11.6 Å². The second kappa shape index (κ2) is 3.80. The average Bonchev–Trinajstić information content (AvgIpc) is 2.08. The van der Waals surface area contributed by atoms with E-state index in [0.29, 0.717) is 10.6 Å². The van der Waals surface area contributed by atoms with Crippen molar-refractivity contribution in [2.45, 2.75) is 10.9 Å². The van der Waals surface area contributed by atoms with Crippen molar-refractivity contribution in [3.05, 3.63) is 23.8 Å². The molecule has 0 bridgehead atoms. The maximum absolute atomic E-state index is 8.77. The van der Waals surface area contributed by atoms with Gasteiger partial charge in [0.05, 0.1) is 12.6 Å². The first-order valence-corrected chi connectivity index (χ1v) is 4.04. The van der Waals surface area contributed by atoms with Crippen molar-refractivity contribution in [3.8, 4) is 0 Å². The number of nitrogen functional groups attached to an aromatic ring is 1. The lowest BCUT2D eigenvalue weighted by Gasteiger charge is -2.09. The molecule has 3 nitrogen and oxygen atoms in total. The van der Waals surface area contributed by atoms with Crippen molar-refractivity contribution in [3.63, 3.8) is 0 Å². The van der Waals surface area contributed by atoms with Crippen molar-refractivity contribution in [2.75, 3.05) is 12.3 Å². The average molecular weight is 184 g/mol. The fraction of sp³-hybridized carbons (Fsp3) is 0.250. The van der Waals surface area contributed by atoms with Gasteiger partial charge >= 0.3 is 0 Å². The van der Waals surface area contributed by atoms with Crippen molar-refractivity contribution < 1.29 is 5.11 Å². The Labute approximate surface area is 76.8 Å². The van der Waals surface area contributed by atoms with Crippen LogP contribution in [-0.4, -0.2) is 11.7 Å². The zero-order valence-electron chi connectivity index (χ0n) is 6.57. The van der Waals surface area contributed by atoms with Gasteiger partial charge in [-0.2, -0.15) is 0 Å². The van der Waals surface area contributed by atoms with Crippen LogP contribution in [0.2, 0.25) is 0 Å². The summed E-state index contributed by atoms with van der Waals surface area (Å²) in [6.45, 7) is -0.0723. The first-order valence-electron chi connectivity index (χ1n) is 3.60. The molecule has 0 amide bonds. The number of anilines is 1. The zero-order chi connectivity index (χ0) is 9.14. The number of nitrogens with two attached hydrogens (primary N) is 2. The molecular formula is C8H12N2OS. The molecule has 4 heteroatoms. The van der Waals surface area contributed by atoms with Crippen LogP contribution in [0.4, 0.5) is 5.69 Å². The molecule has 12 heavy (non-hydrogen) atoms. The Bertz CT molecular complexity index is 278. The standard InChI is InChI=1S/C8H12N2OS/c9-6-2-1-5(3-8(6)12)7(10)4-11/h1-3,7,11-12H,4,9-10H2. The molecule has 1 atom stereocenters. The Morgan fingerprint density at radius 2 is 2.17 bits per heavy atom. The number of hydrogen-bond acceptors (Lipinski definition) is 4. The van der Waals surface area contributed by atoms with Gasteiger partial charge in [-0.05, 0) is 17.7 Å². The molecule has 0 aliphatic carbocycles. The molecule has 1 aromatic rings. The molecule has 0 saturated heterocycles. The van der Waals surface area contributed by atoms with E-state index in [0.717, 1.165) is 5.56 Å².